The Kier molecular flexibility index (Phi) is 5.61. The fourth-order valence-electron chi connectivity index (χ4n) is 0.508. The first-order valence-corrected chi connectivity index (χ1v) is 6.10. The van der Waals surface area contributed by atoms with Gasteiger partial charge in [-0.15, -0.1) is 0 Å². The Morgan fingerprint density at radius 3 is 1.81 bits per heavy atom. The Bertz CT molecular complexity index is 263. The van der Waals surface area contributed by atoms with Crippen LogP contribution in [0.25, 0.3) is 0 Å². The molecule has 2 nitrogen and oxygen atoms in total. The molecule has 0 saturated carbocycles. The molecule has 1 atom stereocenters. The molecule has 16 heavy (non-hydrogen) atoms. The molecule has 10 heteroatoms. The van der Waals surface area contributed by atoms with Crippen molar-refractivity contribution in [2.75, 3.05) is 11.0 Å². The topological polar surface area (TPSA) is 26.3 Å². The quantitative estimate of drug-likeness (QED) is 0.271. The second-order valence-corrected chi connectivity index (χ2v) is 5.23. The van der Waals surface area contributed by atoms with Gasteiger partial charge in [-0.1, -0.05) is 45.2 Å². The maximum Gasteiger partial charge on any atom is 0.422 e. The Labute approximate surface area is 113 Å². The van der Waals surface area contributed by atoms with E-state index in [1.807, 2.05) is 0 Å². The molecule has 0 aromatic heterocycles. The number of halogens is 8. The highest BCUT2D eigenvalue weighted by molar-refractivity contribution is 14.1. The van der Waals surface area contributed by atoms with Crippen molar-refractivity contribution in [3.63, 3.8) is 0 Å². The second kappa shape index (κ2) is 5.44. The summed E-state index contributed by atoms with van der Waals surface area (Å²) in [5.74, 6) is -1.94. The molecule has 0 N–H and O–H groups in total. The van der Waals surface area contributed by atoms with Gasteiger partial charge in [-0.3, -0.25) is 4.79 Å². The summed E-state index contributed by atoms with van der Waals surface area (Å²) in [7, 11) is 0. The Morgan fingerprint density at radius 2 is 1.56 bits per heavy atom. The third kappa shape index (κ3) is 4.41. The molecule has 0 aromatic rings. The molecular weight excluding hydrogens is 472 g/mol. The number of carbonyl (C=O) groups excluding carboxylic acids is 1. The molecule has 96 valence electrons. The Morgan fingerprint density at radius 1 is 1.12 bits per heavy atom. The molecule has 0 aliphatic rings. The standard InChI is InChI=1S/C6H4F6I2O2/c7-5(8,9)2-16-3(15)4(14,1-13)6(10,11)12/h1-2H2. The minimum absolute atomic E-state index is 0.731. The summed E-state index contributed by atoms with van der Waals surface area (Å²) in [6.07, 6.45) is -9.80. The van der Waals surface area contributed by atoms with Crippen molar-refractivity contribution >= 4 is 51.2 Å². The van der Waals surface area contributed by atoms with Crippen LogP contribution in [0.3, 0.4) is 0 Å². The van der Waals surface area contributed by atoms with E-state index in [4.69, 9.17) is 0 Å². The van der Waals surface area contributed by atoms with Crippen molar-refractivity contribution in [3.05, 3.63) is 0 Å². The molecule has 0 aliphatic carbocycles. The summed E-state index contributed by atoms with van der Waals surface area (Å²) in [5, 5.41) is 0. The van der Waals surface area contributed by atoms with Gasteiger partial charge >= 0.3 is 18.3 Å². The van der Waals surface area contributed by atoms with E-state index in [-0.39, 0.29) is 0 Å². The monoisotopic (exact) mass is 476 g/mol. The summed E-state index contributed by atoms with van der Waals surface area (Å²) in [5.41, 5.74) is 0. The van der Waals surface area contributed by atoms with E-state index in [9.17, 15) is 31.1 Å². The number of hydrogen-bond donors (Lipinski definition) is 0. The molecule has 1 unspecified atom stereocenters. The van der Waals surface area contributed by atoms with Crippen LogP contribution in [-0.4, -0.2) is 32.8 Å². The zero-order valence-corrected chi connectivity index (χ0v) is 11.6. The van der Waals surface area contributed by atoms with Gasteiger partial charge in [-0.05, 0) is 0 Å². The van der Waals surface area contributed by atoms with Crippen molar-refractivity contribution in [3.8, 4) is 0 Å². The van der Waals surface area contributed by atoms with Crippen molar-refractivity contribution in [2.24, 2.45) is 0 Å². The Hall–Kier alpha value is 0.510. The van der Waals surface area contributed by atoms with Crippen LogP contribution in [0.15, 0.2) is 0 Å². The lowest BCUT2D eigenvalue weighted by Crippen LogP contribution is -2.49. The third-order valence-corrected chi connectivity index (χ3v) is 5.36. The lowest BCUT2D eigenvalue weighted by Gasteiger charge is -2.25. The zero-order chi connectivity index (χ0) is 13.2. The van der Waals surface area contributed by atoms with Crippen LogP contribution < -0.4 is 0 Å². The van der Waals surface area contributed by atoms with Gasteiger partial charge < -0.3 is 4.74 Å². The van der Waals surface area contributed by atoms with Crippen LogP contribution in [0.5, 0.6) is 0 Å². The summed E-state index contributed by atoms with van der Waals surface area (Å²) in [4.78, 5) is 10.9. The highest BCUT2D eigenvalue weighted by Crippen LogP contribution is 2.41. The van der Waals surface area contributed by atoms with Crippen molar-refractivity contribution in [1.29, 1.82) is 0 Å². The number of alkyl halides is 8. The van der Waals surface area contributed by atoms with Gasteiger partial charge in [0, 0.05) is 4.43 Å². The molecule has 0 fully saturated rings. The lowest BCUT2D eigenvalue weighted by molar-refractivity contribution is -0.203. The van der Waals surface area contributed by atoms with Crippen LogP contribution in [0, 0.1) is 0 Å². The lowest BCUT2D eigenvalue weighted by atomic mass is 10.2. The van der Waals surface area contributed by atoms with Gasteiger partial charge in [-0.2, -0.15) is 26.3 Å². The molecule has 0 spiro atoms. The van der Waals surface area contributed by atoms with Gasteiger partial charge in [0.2, 0.25) is 3.42 Å². The van der Waals surface area contributed by atoms with Crippen molar-refractivity contribution in [1.82, 2.24) is 0 Å². The summed E-state index contributed by atoms with van der Waals surface area (Å²) in [6, 6.07) is 0. The number of carbonyl (C=O) groups is 1. The van der Waals surface area contributed by atoms with E-state index < -0.39 is 32.8 Å². The smallest absolute Gasteiger partial charge is 0.422 e. The fourth-order valence-corrected chi connectivity index (χ4v) is 1.41. The normalized spacial score (nSPS) is 16.8. The predicted molar refractivity (Wildman–Crippen MR) is 58.7 cm³/mol. The zero-order valence-electron chi connectivity index (χ0n) is 7.25. The minimum atomic E-state index is -4.96. The van der Waals surface area contributed by atoms with Crippen molar-refractivity contribution in [2.45, 2.75) is 15.8 Å². The predicted octanol–water partition coefficient (Wildman–Crippen LogP) is 3.26. The average Bonchev–Trinajstić information content (AvgIpc) is 2.09. The van der Waals surface area contributed by atoms with Crippen LogP contribution >= 0.6 is 45.2 Å². The molecule has 0 saturated heterocycles. The van der Waals surface area contributed by atoms with Gasteiger partial charge in [0.15, 0.2) is 6.61 Å². The van der Waals surface area contributed by atoms with Crippen molar-refractivity contribution < 1.29 is 35.9 Å². The van der Waals surface area contributed by atoms with Gasteiger partial charge in [-0.25, -0.2) is 0 Å². The number of ether oxygens (including phenoxy) is 1. The SMILES string of the molecule is O=C(OCC(F)(F)F)C(I)(CI)C(F)(F)F. The van der Waals surface area contributed by atoms with E-state index in [0.29, 0.717) is 0 Å². The second-order valence-electron chi connectivity index (χ2n) is 2.62. The van der Waals surface area contributed by atoms with Gasteiger partial charge in [0.1, 0.15) is 0 Å². The molecule has 0 aromatic carbocycles. The van der Waals surface area contributed by atoms with Crippen LogP contribution in [-0.2, 0) is 9.53 Å². The van der Waals surface area contributed by atoms with Crippen LogP contribution in [0.2, 0.25) is 0 Å². The molecule has 0 radical (unpaired) electrons. The number of rotatable bonds is 3. The van der Waals surface area contributed by atoms with Gasteiger partial charge in [0.05, 0.1) is 0 Å². The molecule has 0 heterocycles. The molecule has 0 bridgehead atoms. The summed E-state index contributed by atoms with van der Waals surface area (Å²) < 4.78 is 72.0. The van der Waals surface area contributed by atoms with E-state index in [0.717, 1.165) is 22.6 Å². The molecular formula is C6H4F6I2O2. The first kappa shape index (κ1) is 16.5. The average molecular weight is 476 g/mol. The first-order valence-electron chi connectivity index (χ1n) is 3.49. The molecule has 0 aliphatic heterocycles. The minimum Gasteiger partial charge on any atom is -0.455 e. The maximum absolute atomic E-state index is 12.4. The van der Waals surface area contributed by atoms with E-state index in [1.165, 1.54) is 22.6 Å². The molecule has 0 amide bonds. The summed E-state index contributed by atoms with van der Waals surface area (Å²) in [6.45, 7) is -2.02. The van der Waals surface area contributed by atoms with Crippen LogP contribution in [0.1, 0.15) is 0 Å². The van der Waals surface area contributed by atoms with E-state index in [2.05, 4.69) is 4.74 Å². The largest absolute Gasteiger partial charge is 0.455 e. The summed E-state index contributed by atoms with van der Waals surface area (Å²) >= 11 is 2.01. The number of esters is 1. The van der Waals surface area contributed by atoms with Gasteiger partial charge in [0.25, 0.3) is 0 Å². The highest BCUT2D eigenvalue weighted by Gasteiger charge is 2.59. The van der Waals surface area contributed by atoms with E-state index >= 15 is 0 Å². The highest BCUT2D eigenvalue weighted by atomic mass is 127. The van der Waals surface area contributed by atoms with Crippen LogP contribution in [0.4, 0.5) is 26.3 Å². The number of hydrogen-bond acceptors (Lipinski definition) is 2. The molecule has 0 rings (SSSR count). The fraction of sp³-hybridized carbons (Fsp3) is 0.833. The van der Waals surface area contributed by atoms with E-state index in [1.54, 1.807) is 0 Å². The Balaban J connectivity index is 4.69. The third-order valence-electron chi connectivity index (χ3n) is 1.32. The maximum atomic E-state index is 12.4. The first-order chi connectivity index (χ1) is 6.94.